The number of para-hydroxylation sites is 2. The van der Waals surface area contributed by atoms with Crippen LogP contribution in [0.1, 0.15) is 19.4 Å². The molecule has 166 valence electrons. The van der Waals surface area contributed by atoms with Crippen LogP contribution >= 0.6 is 0 Å². The van der Waals surface area contributed by atoms with Crippen LogP contribution in [0.4, 0.5) is 11.4 Å². The van der Waals surface area contributed by atoms with Crippen molar-refractivity contribution < 1.29 is 23.9 Å². The molecule has 8 nitrogen and oxygen atoms in total. The molecule has 1 spiro atoms. The summed E-state index contributed by atoms with van der Waals surface area (Å²) in [7, 11) is 3.52. The van der Waals surface area contributed by atoms with Crippen LogP contribution in [0, 0.1) is 0 Å². The summed E-state index contributed by atoms with van der Waals surface area (Å²) in [6.07, 6.45) is 0. The first-order valence-corrected chi connectivity index (χ1v) is 10.5. The van der Waals surface area contributed by atoms with Gasteiger partial charge in [-0.1, -0.05) is 36.4 Å². The quantitative estimate of drug-likeness (QED) is 0.668. The number of likely N-dealkylation sites (N-methyl/N-ethyl adjacent to an activating group) is 1. The summed E-state index contributed by atoms with van der Waals surface area (Å²) in [5.41, 5.74) is 0.0563. The maximum Gasteiger partial charge on any atom is 0.356 e. The molecule has 2 aliphatic heterocycles. The van der Waals surface area contributed by atoms with Crippen LogP contribution < -0.4 is 9.91 Å². The van der Waals surface area contributed by atoms with Gasteiger partial charge in [-0.25, -0.2) is 9.59 Å². The van der Waals surface area contributed by atoms with Gasteiger partial charge in [-0.3, -0.25) is 9.69 Å². The number of carbonyl (C=O) groups excluding carboxylic acids is 3. The zero-order valence-electron chi connectivity index (χ0n) is 18.5. The summed E-state index contributed by atoms with van der Waals surface area (Å²) < 4.78 is 10.7. The molecule has 0 radical (unpaired) electrons. The van der Waals surface area contributed by atoms with Gasteiger partial charge in [0.2, 0.25) is 0 Å². The highest BCUT2D eigenvalue weighted by Crippen LogP contribution is 2.54. The molecule has 2 aliphatic rings. The Bertz CT molecular complexity index is 1110. The summed E-state index contributed by atoms with van der Waals surface area (Å²) in [5, 5.41) is 3.47. The van der Waals surface area contributed by atoms with E-state index in [1.54, 1.807) is 74.4 Å². The van der Waals surface area contributed by atoms with Crippen molar-refractivity contribution in [2.45, 2.75) is 19.4 Å². The van der Waals surface area contributed by atoms with Crippen molar-refractivity contribution in [1.29, 1.82) is 0 Å². The third kappa shape index (κ3) is 2.83. The number of hydrazine groups is 1. The first-order valence-electron chi connectivity index (χ1n) is 10.5. The number of ether oxygens (including phenoxy) is 2. The van der Waals surface area contributed by atoms with E-state index in [4.69, 9.17) is 9.47 Å². The van der Waals surface area contributed by atoms with Gasteiger partial charge in [0, 0.05) is 25.3 Å². The van der Waals surface area contributed by atoms with E-state index in [2.05, 4.69) is 0 Å². The van der Waals surface area contributed by atoms with Crippen LogP contribution in [0.25, 0.3) is 0 Å². The second-order valence-electron chi connectivity index (χ2n) is 7.42. The number of rotatable bonds is 5. The minimum Gasteiger partial charge on any atom is -0.462 e. The lowest BCUT2D eigenvalue weighted by molar-refractivity contribution is -0.143. The topological polar surface area (TPSA) is 79.4 Å². The zero-order chi connectivity index (χ0) is 23.0. The number of fused-ring (bicyclic) bond motifs is 2. The predicted molar refractivity (Wildman–Crippen MR) is 119 cm³/mol. The SMILES string of the molecule is CCOC(=O)C1=C(C(=O)OCC)C2(C(=O)N1c1ccccc1)c1ccccc1N(C)N2C. The lowest BCUT2D eigenvalue weighted by Crippen LogP contribution is -2.54. The Balaban J connectivity index is 2.09. The van der Waals surface area contributed by atoms with Gasteiger partial charge < -0.3 is 14.5 Å². The minimum atomic E-state index is -1.57. The number of hydrogen-bond donors (Lipinski definition) is 0. The van der Waals surface area contributed by atoms with Crippen LogP contribution in [-0.4, -0.2) is 50.2 Å². The molecule has 0 N–H and O–H groups in total. The van der Waals surface area contributed by atoms with E-state index >= 15 is 0 Å². The van der Waals surface area contributed by atoms with E-state index in [0.29, 0.717) is 11.3 Å². The van der Waals surface area contributed by atoms with Crippen LogP contribution in [0.15, 0.2) is 65.9 Å². The summed E-state index contributed by atoms with van der Waals surface area (Å²) in [5.74, 6) is -1.95. The summed E-state index contributed by atoms with van der Waals surface area (Å²) >= 11 is 0. The summed E-state index contributed by atoms with van der Waals surface area (Å²) in [6.45, 7) is 3.54. The molecule has 0 saturated carbocycles. The zero-order valence-corrected chi connectivity index (χ0v) is 18.5. The Labute approximate surface area is 186 Å². The van der Waals surface area contributed by atoms with Crippen LogP contribution in [0.2, 0.25) is 0 Å². The number of hydrogen-bond acceptors (Lipinski definition) is 7. The van der Waals surface area contributed by atoms with Crippen LogP contribution in [0.5, 0.6) is 0 Å². The van der Waals surface area contributed by atoms with Gasteiger partial charge in [0.05, 0.1) is 18.9 Å². The summed E-state index contributed by atoms with van der Waals surface area (Å²) in [6, 6.07) is 16.1. The molecule has 8 heteroatoms. The highest BCUT2D eigenvalue weighted by molar-refractivity contribution is 6.24. The average molecular weight is 435 g/mol. The van der Waals surface area contributed by atoms with Gasteiger partial charge in [-0.15, -0.1) is 0 Å². The van der Waals surface area contributed by atoms with Crippen molar-refractivity contribution in [3.8, 4) is 0 Å². The second kappa shape index (κ2) is 8.12. The normalized spacial score (nSPS) is 20.2. The first kappa shape index (κ1) is 21.6. The monoisotopic (exact) mass is 435 g/mol. The van der Waals surface area contributed by atoms with E-state index in [1.807, 2.05) is 18.2 Å². The number of anilines is 2. The molecule has 1 atom stereocenters. The van der Waals surface area contributed by atoms with Crippen molar-refractivity contribution in [2.24, 2.45) is 0 Å². The van der Waals surface area contributed by atoms with Gasteiger partial charge in [0.15, 0.2) is 5.54 Å². The standard InChI is InChI=1S/C24H25N3O5/c1-5-31-21(28)19-20(22(29)32-6-2)27(16-12-8-7-9-13-16)23(30)24(19)17-14-10-11-15-18(17)25(3)26(24)4/h7-15H,5-6H2,1-4H3. The highest BCUT2D eigenvalue weighted by Gasteiger charge is 2.65. The second-order valence-corrected chi connectivity index (χ2v) is 7.42. The van der Waals surface area contributed by atoms with Crippen molar-refractivity contribution >= 4 is 29.2 Å². The number of amides is 1. The Morgan fingerprint density at radius 3 is 2.12 bits per heavy atom. The molecule has 0 aromatic heterocycles. The lowest BCUT2D eigenvalue weighted by Gasteiger charge is -2.35. The van der Waals surface area contributed by atoms with E-state index in [1.165, 1.54) is 4.90 Å². The molecule has 0 fully saturated rings. The number of carbonyl (C=O) groups is 3. The van der Waals surface area contributed by atoms with E-state index in [0.717, 1.165) is 5.69 Å². The molecule has 2 aromatic rings. The lowest BCUT2D eigenvalue weighted by atomic mass is 9.83. The Hall–Kier alpha value is -3.65. The molecule has 0 bridgehead atoms. The fourth-order valence-corrected chi connectivity index (χ4v) is 4.49. The molecular weight excluding hydrogens is 410 g/mol. The Morgan fingerprint density at radius 2 is 1.47 bits per heavy atom. The van der Waals surface area contributed by atoms with Gasteiger partial charge in [-0.2, -0.15) is 5.01 Å². The number of esters is 2. The van der Waals surface area contributed by atoms with E-state index < -0.39 is 23.4 Å². The fraction of sp³-hybridized carbons (Fsp3) is 0.292. The average Bonchev–Trinajstić information content (AvgIpc) is 3.20. The van der Waals surface area contributed by atoms with Crippen molar-refractivity contribution in [3.05, 3.63) is 71.4 Å². The van der Waals surface area contributed by atoms with Crippen LogP contribution in [0.3, 0.4) is 0 Å². The molecule has 0 saturated heterocycles. The molecule has 1 amide bonds. The summed E-state index contributed by atoms with van der Waals surface area (Å²) in [4.78, 5) is 42.2. The van der Waals surface area contributed by atoms with Gasteiger partial charge >= 0.3 is 11.9 Å². The van der Waals surface area contributed by atoms with Gasteiger partial charge in [0.25, 0.3) is 5.91 Å². The fourth-order valence-electron chi connectivity index (χ4n) is 4.49. The van der Waals surface area contributed by atoms with Crippen molar-refractivity contribution in [3.63, 3.8) is 0 Å². The van der Waals surface area contributed by atoms with E-state index in [-0.39, 0.29) is 24.5 Å². The van der Waals surface area contributed by atoms with Crippen LogP contribution in [-0.2, 0) is 29.4 Å². The van der Waals surface area contributed by atoms with Gasteiger partial charge in [-0.05, 0) is 32.0 Å². The third-order valence-corrected chi connectivity index (χ3v) is 5.88. The molecule has 0 aliphatic carbocycles. The van der Waals surface area contributed by atoms with E-state index in [9.17, 15) is 14.4 Å². The maximum atomic E-state index is 14.3. The molecule has 1 unspecified atom stereocenters. The number of benzene rings is 2. The Kier molecular flexibility index (Phi) is 5.48. The molecule has 32 heavy (non-hydrogen) atoms. The molecule has 2 aromatic carbocycles. The predicted octanol–water partition coefficient (Wildman–Crippen LogP) is 2.61. The number of nitrogens with zero attached hydrogens (tertiary/aromatic N) is 3. The Morgan fingerprint density at radius 1 is 0.875 bits per heavy atom. The smallest absolute Gasteiger partial charge is 0.356 e. The van der Waals surface area contributed by atoms with Crippen molar-refractivity contribution in [2.75, 3.05) is 37.2 Å². The highest BCUT2D eigenvalue weighted by atomic mass is 16.5. The largest absolute Gasteiger partial charge is 0.462 e. The van der Waals surface area contributed by atoms with Gasteiger partial charge in [0.1, 0.15) is 11.3 Å². The third-order valence-electron chi connectivity index (χ3n) is 5.88. The van der Waals surface area contributed by atoms with Crippen molar-refractivity contribution in [1.82, 2.24) is 5.01 Å². The molecule has 2 heterocycles. The maximum absolute atomic E-state index is 14.3. The first-order chi connectivity index (χ1) is 15.4. The molecular formula is C24H25N3O5. The minimum absolute atomic E-state index is 0.0500. The molecule has 4 rings (SSSR count).